The van der Waals surface area contributed by atoms with Crippen LogP contribution >= 0.6 is 0 Å². The van der Waals surface area contributed by atoms with Crippen molar-refractivity contribution in [3.63, 3.8) is 0 Å². The molecule has 2 amide bonds. The summed E-state index contributed by atoms with van der Waals surface area (Å²) in [7, 11) is 3.57. The maximum absolute atomic E-state index is 12.9. The molecule has 3 rings (SSSR count). The van der Waals surface area contributed by atoms with E-state index in [9.17, 15) is 14.4 Å². The molecule has 1 aromatic heterocycles. The lowest BCUT2D eigenvalue weighted by Gasteiger charge is -2.32. The molecule has 0 aliphatic carbocycles. The fourth-order valence-electron chi connectivity index (χ4n) is 3.85. The molecule has 8 heteroatoms. The highest BCUT2D eigenvalue weighted by molar-refractivity contribution is 5.80. The summed E-state index contributed by atoms with van der Waals surface area (Å²) in [6.45, 7) is 5.34. The SMILES string of the molecule is CC(C)NC(=O)C1CCN(C(=O)CCn2c(=O)c(N(C)C)nc3ccccc32)CC1. The van der Waals surface area contributed by atoms with E-state index < -0.39 is 0 Å². The van der Waals surface area contributed by atoms with Crippen molar-refractivity contribution in [3.8, 4) is 0 Å². The number of amides is 2. The lowest BCUT2D eigenvalue weighted by Crippen LogP contribution is -2.44. The molecule has 1 fully saturated rings. The van der Waals surface area contributed by atoms with E-state index in [0.29, 0.717) is 38.3 Å². The minimum Gasteiger partial charge on any atom is -0.358 e. The monoisotopic (exact) mass is 413 g/mol. The predicted octanol–water partition coefficient (Wildman–Crippen LogP) is 1.62. The molecule has 2 heterocycles. The first kappa shape index (κ1) is 21.8. The van der Waals surface area contributed by atoms with Gasteiger partial charge >= 0.3 is 0 Å². The molecule has 1 aliphatic rings. The Bertz CT molecular complexity index is 974. The Morgan fingerprint density at radius 3 is 2.50 bits per heavy atom. The second-order valence-corrected chi connectivity index (χ2v) is 8.34. The highest BCUT2D eigenvalue weighted by Gasteiger charge is 2.27. The predicted molar refractivity (Wildman–Crippen MR) is 118 cm³/mol. The maximum atomic E-state index is 12.9. The molecule has 8 nitrogen and oxygen atoms in total. The molecule has 1 saturated heterocycles. The number of aryl methyl sites for hydroxylation is 1. The summed E-state index contributed by atoms with van der Waals surface area (Å²) in [6, 6.07) is 7.59. The number of fused-ring (bicyclic) bond motifs is 1. The summed E-state index contributed by atoms with van der Waals surface area (Å²) in [5.41, 5.74) is 1.26. The van der Waals surface area contributed by atoms with Gasteiger partial charge in [-0.2, -0.15) is 0 Å². The number of aromatic nitrogens is 2. The Kier molecular flexibility index (Phi) is 6.74. The minimum atomic E-state index is -0.199. The molecule has 0 saturated carbocycles. The smallest absolute Gasteiger partial charge is 0.293 e. The van der Waals surface area contributed by atoms with E-state index in [4.69, 9.17) is 0 Å². The molecular weight excluding hydrogens is 382 g/mol. The zero-order valence-electron chi connectivity index (χ0n) is 18.2. The average molecular weight is 414 g/mol. The standard InChI is InChI=1S/C22H31N5O3/c1-15(2)23-21(29)16-9-12-26(13-10-16)19(28)11-14-27-18-8-6-5-7-17(18)24-20(22(27)30)25(3)4/h5-8,15-16H,9-14H2,1-4H3,(H,23,29). The van der Waals surface area contributed by atoms with Crippen molar-refractivity contribution < 1.29 is 9.59 Å². The van der Waals surface area contributed by atoms with Gasteiger partial charge in [0.2, 0.25) is 11.8 Å². The van der Waals surface area contributed by atoms with Crippen LogP contribution in [-0.2, 0) is 16.1 Å². The molecule has 0 atom stereocenters. The summed E-state index contributed by atoms with van der Waals surface area (Å²) in [4.78, 5) is 45.8. The second kappa shape index (κ2) is 9.28. The third-order valence-corrected chi connectivity index (χ3v) is 5.46. The molecule has 0 unspecified atom stereocenters. The van der Waals surface area contributed by atoms with Crippen LogP contribution in [0.4, 0.5) is 5.82 Å². The first-order valence-corrected chi connectivity index (χ1v) is 10.5. The van der Waals surface area contributed by atoms with Crippen molar-refractivity contribution in [2.24, 2.45) is 5.92 Å². The van der Waals surface area contributed by atoms with Crippen LogP contribution < -0.4 is 15.8 Å². The number of hydrogen-bond donors (Lipinski definition) is 1. The second-order valence-electron chi connectivity index (χ2n) is 8.34. The van der Waals surface area contributed by atoms with Gasteiger partial charge in [0.15, 0.2) is 5.82 Å². The number of carbonyl (C=O) groups is 2. The summed E-state index contributed by atoms with van der Waals surface area (Å²) in [5, 5.41) is 2.95. The molecule has 1 aliphatic heterocycles. The molecular formula is C22H31N5O3. The van der Waals surface area contributed by atoms with Gasteiger partial charge in [-0.15, -0.1) is 0 Å². The summed E-state index contributed by atoms with van der Waals surface area (Å²) < 4.78 is 1.64. The molecule has 2 aromatic rings. The van der Waals surface area contributed by atoms with Gasteiger partial charge in [-0.05, 0) is 38.8 Å². The molecule has 0 radical (unpaired) electrons. The van der Waals surface area contributed by atoms with Crippen LogP contribution in [0.25, 0.3) is 11.0 Å². The van der Waals surface area contributed by atoms with E-state index in [1.54, 1.807) is 28.5 Å². The van der Waals surface area contributed by atoms with Gasteiger partial charge in [-0.25, -0.2) is 4.98 Å². The molecule has 1 aromatic carbocycles. The Morgan fingerprint density at radius 1 is 1.20 bits per heavy atom. The van der Waals surface area contributed by atoms with Gasteiger partial charge in [0, 0.05) is 52.1 Å². The Labute approximate surface area is 176 Å². The number of hydrogen-bond acceptors (Lipinski definition) is 5. The topological polar surface area (TPSA) is 87.5 Å². The van der Waals surface area contributed by atoms with Gasteiger partial charge in [-0.1, -0.05) is 12.1 Å². The highest BCUT2D eigenvalue weighted by Crippen LogP contribution is 2.19. The van der Waals surface area contributed by atoms with Crippen molar-refractivity contribution >= 4 is 28.7 Å². The number of para-hydroxylation sites is 2. The van der Waals surface area contributed by atoms with Crippen LogP contribution in [-0.4, -0.2) is 59.5 Å². The van der Waals surface area contributed by atoms with Crippen LogP contribution in [0.5, 0.6) is 0 Å². The van der Waals surface area contributed by atoms with E-state index in [2.05, 4.69) is 10.3 Å². The van der Waals surface area contributed by atoms with Gasteiger partial charge in [0.25, 0.3) is 5.56 Å². The van der Waals surface area contributed by atoms with E-state index in [0.717, 1.165) is 11.0 Å². The summed E-state index contributed by atoms with van der Waals surface area (Å²) in [5.74, 6) is 0.407. The summed E-state index contributed by atoms with van der Waals surface area (Å²) in [6.07, 6.45) is 1.59. The van der Waals surface area contributed by atoms with Crippen LogP contribution in [0.15, 0.2) is 29.1 Å². The van der Waals surface area contributed by atoms with Gasteiger partial charge in [-0.3, -0.25) is 14.4 Å². The van der Waals surface area contributed by atoms with E-state index in [1.165, 1.54) is 0 Å². The van der Waals surface area contributed by atoms with Crippen molar-refractivity contribution in [1.29, 1.82) is 0 Å². The first-order valence-electron chi connectivity index (χ1n) is 10.5. The van der Waals surface area contributed by atoms with Gasteiger partial charge in [0.1, 0.15) is 0 Å². The van der Waals surface area contributed by atoms with Crippen LogP contribution in [0.1, 0.15) is 33.1 Å². The third kappa shape index (κ3) is 4.80. The van der Waals surface area contributed by atoms with Crippen molar-refractivity contribution in [2.45, 2.75) is 45.7 Å². The number of likely N-dealkylation sites (tertiary alicyclic amines) is 1. The van der Waals surface area contributed by atoms with Crippen molar-refractivity contribution in [1.82, 2.24) is 19.8 Å². The zero-order chi connectivity index (χ0) is 21.8. The average Bonchev–Trinajstić information content (AvgIpc) is 2.72. The quantitative estimate of drug-likeness (QED) is 0.778. The van der Waals surface area contributed by atoms with Crippen molar-refractivity contribution in [2.75, 3.05) is 32.1 Å². The molecule has 30 heavy (non-hydrogen) atoms. The maximum Gasteiger partial charge on any atom is 0.293 e. The fourth-order valence-corrected chi connectivity index (χ4v) is 3.85. The number of nitrogens with zero attached hydrogens (tertiary/aromatic N) is 4. The van der Waals surface area contributed by atoms with Gasteiger partial charge < -0.3 is 19.7 Å². The molecule has 0 spiro atoms. The largest absolute Gasteiger partial charge is 0.358 e. The van der Waals surface area contributed by atoms with Gasteiger partial charge in [0.05, 0.1) is 11.0 Å². The van der Waals surface area contributed by atoms with Crippen LogP contribution in [0.2, 0.25) is 0 Å². The van der Waals surface area contributed by atoms with Crippen LogP contribution in [0.3, 0.4) is 0 Å². The molecule has 162 valence electrons. The highest BCUT2D eigenvalue weighted by atomic mass is 16.2. The Hall–Kier alpha value is -2.90. The van der Waals surface area contributed by atoms with Crippen LogP contribution in [0, 0.1) is 5.92 Å². The lowest BCUT2D eigenvalue weighted by molar-refractivity contribution is -0.136. The van der Waals surface area contributed by atoms with E-state index >= 15 is 0 Å². The lowest BCUT2D eigenvalue weighted by atomic mass is 9.95. The van der Waals surface area contributed by atoms with Crippen molar-refractivity contribution in [3.05, 3.63) is 34.6 Å². The first-order chi connectivity index (χ1) is 14.3. The number of piperidine rings is 1. The fraction of sp³-hybridized carbons (Fsp3) is 0.545. The minimum absolute atomic E-state index is 0.0110. The zero-order valence-corrected chi connectivity index (χ0v) is 18.2. The number of benzene rings is 1. The van der Waals surface area contributed by atoms with E-state index in [1.807, 2.05) is 38.1 Å². The number of nitrogens with one attached hydrogen (secondary N) is 1. The third-order valence-electron chi connectivity index (χ3n) is 5.46. The number of carbonyl (C=O) groups excluding carboxylic acids is 2. The molecule has 1 N–H and O–H groups in total. The van der Waals surface area contributed by atoms with E-state index in [-0.39, 0.29) is 35.8 Å². The number of rotatable bonds is 6. The Balaban J connectivity index is 1.67. The summed E-state index contributed by atoms with van der Waals surface area (Å²) >= 11 is 0. The molecule has 0 bridgehead atoms. The number of anilines is 1. The Morgan fingerprint density at radius 2 is 1.87 bits per heavy atom. The normalized spacial score (nSPS) is 14.9.